The quantitative estimate of drug-likeness (QED) is 0.722. The molecule has 0 aromatic heterocycles. The average Bonchev–Trinajstić information content (AvgIpc) is 2.72. The minimum Gasteiger partial charge on any atom is -0.493 e. The summed E-state index contributed by atoms with van der Waals surface area (Å²) in [7, 11) is 3.03. The van der Waals surface area contributed by atoms with E-state index in [1.54, 1.807) is 36.4 Å². The van der Waals surface area contributed by atoms with Gasteiger partial charge in [0.2, 0.25) is 0 Å². The molecule has 8 heteroatoms. The molecule has 0 aliphatic carbocycles. The summed E-state index contributed by atoms with van der Waals surface area (Å²) in [6.45, 7) is 1.71. The van der Waals surface area contributed by atoms with E-state index < -0.39 is 23.9 Å². The molecule has 3 rings (SSSR count). The van der Waals surface area contributed by atoms with Gasteiger partial charge in [0.25, 0.3) is 5.91 Å². The Bertz CT molecular complexity index is 916. The van der Waals surface area contributed by atoms with Gasteiger partial charge in [-0.3, -0.25) is 9.59 Å². The monoisotopic (exact) mass is 419 g/mol. The second kappa shape index (κ2) is 9.05. The number of carbonyl (C=O) groups is 2. The molecular formula is C21H22ClNO6. The normalized spacial score (nSPS) is 16.1. The molecule has 0 unspecified atom stereocenters. The molecule has 154 valence electrons. The molecule has 1 N–H and O–H groups in total. The molecule has 0 saturated heterocycles. The summed E-state index contributed by atoms with van der Waals surface area (Å²) in [5.74, 6) is 0.278. The van der Waals surface area contributed by atoms with Crippen molar-refractivity contribution in [2.24, 2.45) is 5.92 Å². The first-order valence-electron chi connectivity index (χ1n) is 9.06. The highest BCUT2D eigenvalue weighted by Gasteiger charge is 2.30. The van der Waals surface area contributed by atoms with Crippen molar-refractivity contribution in [3.05, 3.63) is 47.0 Å². The lowest BCUT2D eigenvalue weighted by Gasteiger charge is -2.25. The number of ether oxygens (including phenoxy) is 4. The van der Waals surface area contributed by atoms with Gasteiger partial charge in [-0.1, -0.05) is 11.6 Å². The Labute approximate surface area is 173 Å². The van der Waals surface area contributed by atoms with Gasteiger partial charge >= 0.3 is 5.97 Å². The molecule has 0 radical (unpaired) electrons. The van der Waals surface area contributed by atoms with Gasteiger partial charge in [-0.25, -0.2) is 0 Å². The number of carbonyl (C=O) groups excluding carboxylic acids is 2. The summed E-state index contributed by atoms with van der Waals surface area (Å²) in [6, 6.07) is 10.2. The van der Waals surface area contributed by atoms with E-state index in [2.05, 4.69) is 5.32 Å². The lowest BCUT2D eigenvalue weighted by Crippen LogP contribution is -2.36. The number of hydrogen-bond donors (Lipinski definition) is 1. The highest BCUT2D eigenvalue weighted by molar-refractivity contribution is 6.30. The van der Waals surface area contributed by atoms with Crippen LogP contribution in [0.2, 0.25) is 5.02 Å². The van der Waals surface area contributed by atoms with Gasteiger partial charge in [-0.15, -0.1) is 0 Å². The summed E-state index contributed by atoms with van der Waals surface area (Å²) in [5.41, 5.74) is 1.34. The minimum absolute atomic E-state index is 0.192. The molecule has 1 aliphatic heterocycles. The molecule has 1 heterocycles. The van der Waals surface area contributed by atoms with Gasteiger partial charge in [0, 0.05) is 16.8 Å². The summed E-state index contributed by atoms with van der Waals surface area (Å²) in [5, 5.41) is 3.27. The molecule has 1 aliphatic rings. The smallest absolute Gasteiger partial charge is 0.313 e. The standard InChI is InChI=1S/C21H22ClNO6/c1-12(20(24)23-16-5-7-18(26-2)19(10-16)27-3)29-21(25)14-8-13-9-15(22)4-6-17(13)28-11-14/h4-7,9-10,12,14H,8,11H2,1-3H3,(H,23,24)/t12-,14+/m1/s1. The zero-order valence-corrected chi connectivity index (χ0v) is 17.1. The van der Waals surface area contributed by atoms with Gasteiger partial charge in [0.1, 0.15) is 12.4 Å². The Hall–Kier alpha value is -2.93. The average molecular weight is 420 g/mol. The van der Waals surface area contributed by atoms with E-state index in [4.69, 9.17) is 30.5 Å². The third-order valence-electron chi connectivity index (χ3n) is 4.58. The molecule has 7 nitrogen and oxygen atoms in total. The van der Waals surface area contributed by atoms with Crippen LogP contribution in [0.5, 0.6) is 17.2 Å². The number of nitrogens with one attached hydrogen (secondary N) is 1. The van der Waals surface area contributed by atoms with Crippen molar-refractivity contribution in [2.45, 2.75) is 19.4 Å². The van der Waals surface area contributed by atoms with E-state index in [0.29, 0.717) is 34.4 Å². The Morgan fingerprint density at radius 3 is 2.62 bits per heavy atom. The summed E-state index contributed by atoms with van der Waals surface area (Å²) >= 11 is 6.01. The maximum Gasteiger partial charge on any atom is 0.313 e. The second-order valence-electron chi connectivity index (χ2n) is 6.60. The molecular weight excluding hydrogens is 398 g/mol. The van der Waals surface area contributed by atoms with Crippen molar-refractivity contribution in [1.29, 1.82) is 0 Å². The fourth-order valence-corrected chi connectivity index (χ4v) is 3.19. The topological polar surface area (TPSA) is 83.1 Å². The second-order valence-corrected chi connectivity index (χ2v) is 7.04. The molecule has 2 aromatic rings. The molecule has 0 spiro atoms. The maximum absolute atomic E-state index is 12.5. The van der Waals surface area contributed by atoms with E-state index in [1.807, 2.05) is 0 Å². The first-order valence-corrected chi connectivity index (χ1v) is 9.43. The number of benzene rings is 2. The van der Waals surface area contributed by atoms with Gasteiger partial charge in [-0.2, -0.15) is 0 Å². The molecule has 2 aromatic carbocycles. The van der Waals surface area contributed by atoms with Crippen molar-refractivity contribution in [3.8, 4) is 17.2 Å². The zero-order valence-electron chi connectivity index (χ0n) is 16.4. The summed E-state index contributed by atoms with van der Waals surface area (Å²) in [4.78, 5) is 24.9. The van der Waals surface area contributed by atoms with Crippen LogP contribution in [0.3, 0.4) is 0 Å². The number of methoxy groups -OCH3 is 2. The fraction of sp³-hybridized carbons (Fsp3) is 0.333. The van der Waals surface area contributed by atoms with Crippen molar-refractivity contribution in [3.63, 3.8) is 0 Å². The van der Waals surface area contributed by atoms with Crippen molar-refractivity contribution in [1.82, 2.24) is 0 Å². The molecule has 0 fully saturated rings. The van der Waals surface area contributed by atoms with E-state index in [-0.39, 0.29) is 6.61 Å². The summed E-state index contributed by atoms with van der Waals surface area (Å²) < 4.78 is 21.3. The highest BCUT2D eigenvalue weighted by atomic mass is 35.5. The van der Waals surface area contributed by atoms with E-state index in [0.717, 1.165) is 5.56 Å². The van der Waals surface area contributed by atoms with Crippen LogP contribution in [0.4, 0.5) is 5.69 Å². The third-order valence-corrected chi connectivity index (χ3v) is 4.81. The zero-order chi connectivity index (χ0) is 21.0. The fourth-order valence-electron chi connectivity index (χ4n) is 3.00. The number of hydrogen-bond acceptors (Lipinski definition) is 6. The molecule has 29 heavy (non-hydrogen) atoms. The van der Waals surface area contributed by atoms with E-state index in [1.165, 1.54) is 21.1 Å². The summed E-state index contributed by atoms with van der Waals surface area (Å²) in [6.07, 6.45) is -0.532. The Morgan fingerprint density at radius 2 is 1.90 bits per heavy atom. The number of amides is 1. The Morgan fingerprint density at radius 1 is 1.14 bits per heavy atom. The van der Waals surface area contributed by atoms with Crippen LogP contribution in [0.1, 0.15) is 12.5 Å². The molecule has 0 saturated carbocycles. The first-order chi connectivity index (χ1) is 13.9. The van der Waals surface area contributed by atoms with Crippen LogP contribution in [-0.2, 0) is 20.7 Å². The van der Waals surface area contributed by atoms with Crippen molar-refractivity contribution in [2.75, 3.05) is 26.1 Å². The predicted octanol–water partition coefficient (Wildman–Crippen LogP) is 3.48. The largest absolute Gasteiger partial charge is 0.493 e. The number of halogens is 1. The van der Waals surface area contributed by atoms with Crippen LogP contribution in [0.15, 0.2) is 36.4 Å². The number of esters is 1. The van der Waals surface area contributed by atoms with Crippen LogP contribution in [-0.4, -0.2) is 38.8 Å². The van der Waals surface area contributed by atoms with Gasteiger partial charge in [-0.05, 0) is 49.2 Å². The van der Waals surface area contributed by atoms with Crippen LogP contribution in [0, 0.1) is 5.92 Å². The lowest BCUT2D eigenvalue weighted by molar-refractivity contribution is -0.158. The maximum atomic E-state index is 12.5. The van der Waals surface area contributed by atoms with Gasteiger partial charge in [0.15, 0.2) is 17.6 Å². The Kier molecular flexibility index (Phi) is 6.49. The SMILES string of the molecule is COc1ccc(NC(=O)[C@@H](C)OC(=O)[C@@H]2COc3ccc(Cl)cc3C2)cc1OC. The number of rotatable bonds is 6. The lowest BCUT2D eigenvalue weighted by atomic mass is 9.97. The minimum atomic E-state index is -0.976. The van der Waals surface area contributed by atoms with Crippen molar-refractivity contribution >= 4 is 29.2 Å². The van der Waals surface area contributed by atoms with Crippen LogP contribution >= 0.6 is 11.6 Å². The first kappa shape index (κ1) is 20.8. The predicted molar refractivity (Wildman–Crippen MR) is 108 cm³/mol. The number of anilines is 1. The molecule has 1 amide bonds. The molecule has 0 bridgehead atoms. The van der Waals surface area contributed by atoms with Crippen LogP contribution in [0.25, 0.3) is 0 Å². The highest BCUT2D eigenvalue weighted by Crippen LogP contribution is 2.31. The third kappa shape index (κ3) is 4.92. The van der Waals surface area contributed by atoms with Gasteiger partial charge < -0.3 is 24.3 Å². The Balaban J connectivity index is 1.59. The van der Waals surface area contributed by atoms with Crippen molar-refractivity contribution < 1.29 is 28.5 Å². The molecule has 2 atom stereocenters. The van der Waals surface area contributed by atoms with E-state index in [9.17, 15) is 9.59 Å². The van der Waals surface area contributed by atoms with Crippen LogP contribution < -0.4 is 19.5 Å². The number of fused-ring (bicyclic) bond motifs is 1. The van der Waals surface area contributed by atoms with Gasteiger partial charge in [0.05, 0.1) is 20.1 Å². The van der Waals surface area contributed by atoms with E-state index >= 15 is 0 Å².